The van der Waals surface area contributed by atoms with E-state index in [1.54, 1.807) is 11.3 Å². The average molecular weight is 274 g/mol. The van der Waals surface area contributed by atoms with Crippen molar-refractivity contribution < 1.29 is 0 Å². The predicted molar refractivity (Wildman–Crippen MR) is 79.7 cm³/mol. The molecule has 1 aliphatic carbocycles. The fraction of sp³-hybridized carbons (Fsp3) is 0.429. The molecule has 0 spiro atoms. The molecule has 2 aromatic rings. The molecule has 2 aromatic heterocycles. The number of nitrogen functional groups attached to an aromatic ring is 1. The van der Waals surface area contributed by atoms with Gasteiger partial charge in [-0.15, -0.1) is 0 Å². The molecule has 0 unspecified atom stereocenters. The molecule has 2 heterocycles. The van der Waals surface area contributed by atoms with Gasteiger partial charge in [-0.1, -0.05) is 0 Å². The van der Waals surface area contributed by atoms with Gasteiger partial charge in [-0.25, -0.2) is 9.97 Å². The Morgan fingerprint density at radius 3 is 2.95 bits per heavy atom. The summed E-state index contributed by atoms with van der Waals surface area (Å²) in [5.41, 5.74) is 8.28. The van der Waals surface area contributed by atoms with Gasteiger partial charge < -0.3 is 11.1 Å². The van der Waals surface area contributed by atoms with Crippen LogP contribution in [0.15, 0.2) is 16.8 Å². The first-order valence-electron chi connectivity index (χ1n) is 6.63. The van der Waals surface area contributed by atoms with Crippen LogP contribution in [0.4, 0.5) is 11.6 Å². The standard InChI is InChI=1S/C14H18N4S/c1-9-12(15)17-14(11-2-3-11)18-13(9)16-6-4-10-5-7-19-8-10/h5,7-8,11H,2-4,6H2,1H3,(H3,15,16,17,18). The maximum atomic E-state index is 5.96. The van der Waals surface area contributed by atoms with E-state index in [0.29, 0.717) is 11.7 Å². The monoisotopic (exact) mass is 274 g/mol. The summed E-state index contributed by atoms with van der Waals surface area (Å²) in [5.74, 6) is 2.93. The zero-order valence-corrected chi connectivity index (χ0v) is 11.8. The van der Waals surface area contributed by atoms with Crippen LogP contribution in [0, 0.1) is 6.92 Å². The minimum absolute atomic E-state index is 0.528. The number of anilines is 2. The molecule has 0 saturated heterocycles. The molecule has 0 amide bonds. The van der Waals surface area contributed by atoms with Gasteiger partial charge in [0, 0.05) is 18.0 Å². The highest BCUT2D eigenvalue weighted by atomic mass is 32.1. The van der Waals surface area contributed by atoms with E-state index in [2.05, 4.69) is 32.1 Å². The summed E-state index contributed by atoms with van der Waals surface area (Å²) in [4.78, 5) is 9.00. The largest absolute Gasteiger partial charge is 0.383 e. The second kappa shape index (κ2) is 5.17. The Kier molecular flexibility index (Phi) is 3.38. The average Bonchev–Trinajstić information content (AvgIpc) is 3.12. The summed E-state index contributed by atoms with van der Waals surface area (Å²) in [6, 6.07) is 2.16. The Morgan fingerprint density at radius 2 is 2.26 bits per heavy atom. The molecule has 0 aromatic carbocycles. The third kappa shape index (κ3) is 2.87. The highest BCUT2D eigenvalue weighted by molar-refractivity contribution is 7.07. The topological polar surface area (TPSA) is 63.8 Å². The van der Waals surface area contributed by atoms with Gasteiger partial charge in [0.05, 0.1) is 0 Å². The number of nitrogens with zero attached hydrogens (tertiary/aromatic N) is 2. The molecule has 100 valence electrons. The van der Waals surface area contributed by atoms with Gasteiger partial charge in [-0.2, -0.15) is 11.3 Å². The van der Waals surface area contributed by atoms with Crippen molar-refractivity contribution in [1.29, 1.82) is 0 Å². The zero-order chi connectivity index (χ0) is 13.2. The SMILES string of the molecule is Cc1c(N)nc(C2CC2)nc1NCCc1ccsc1. The number of aromatic nitrogens is 2. The number of hydrogen-bond donors (Lipinski definition) is 2. The first kappa shape index (κ1) is 12.4. The molecule has 1 fully saturated rings. The Bertz CT molecular complexity index is 561. The lowest BCUT2D eigenvalue weighted by atomic mass is 10.2. The van der Waals surface area contributed by atoms with E-state index in [9.17, 15) is 0 Å². The van der Waals surface area contributed by atoms with Gasteiger partial charge in [0.1, 0.15) is 17.5 Å². The highest BCUT2D eigenvalue weighted by Crippen LogP contribution is 2.39. The summed E-state index contributed by atoms with van der Waals surface area (Å²) in [6.07, 6.45) is 3.39. The molecule has 0 aliphatic heterocycles. The van der Waals surface area contributed by atoms with E-state index < -0.39 is 0 Å². The molecule has 5 heteroatoms. The minimum atomic E-state index is 0.528. The summed E-state index contributed by atoms with van der Waals surface area (Å²) in [5, 5.41) is 7.67. The van der Waals surface area contributed by atoms with Crippen LogP contribution < -0.4 is 11.1 Å². The molecule has 19 heavy (non-hydrogen) atoms. The first-order valence-corrected chi connectivity index (χ1v) is 7.57. The van der Waals surface area contributed by atoms with Crippen molar-refractivity contribution >= 4 is 23.0 Å². The summed E-state index contributed by atoms with van der Waals surface area (Å²) in [6.45, 7) is 2.84. The van der Waals surface area contributed by atoms with E-state index >= 15 is 0 Å². The van der Waals surface area contributed by atoms with E-state index in [0.717, 1.165) is 30.2 Å². The third-order valence-electron chi connectivity index (χ3n) is 3.43. The molecule has 3 N–H and O–H groups in total. The fourth-order valence-electron chi connectivity index (χ4n) is 2.01. The van der Waals surface area contributed by atoms with Crippen molar-refractivity contribution in [3.8, 4) is 0 Å². The van der Waals surface area contributed by atoms with Crippen molar-refractivity contribution in [2.45, 2.75) is 32.1 Å². The van der Waals surface area contributed by atoms with Crippen LogP contribution in [-0.4, -0.2) is 16.5 Å². The van der Waals surface area contributed by atoms with Crippen molar-refractivity contribution in [2.24, 2.45) is 0 Å². The van der Waals surface area contributed by atoms with Gasteiger partial charge in [0.2, 0.25) is 0 Å². The van der Waals surface area contributed by atoms with Crippen LogP contribution >= 0.6 is 11.3 Å². The molecule has 4 nitrogen and oxygen atoms in total. The zero-order valence-electron chi connectivity index (χ0n) is 11.0. The highest BCUT2D eigenvalue weighted by Gasteiger charge is 2.27. The Balaban J connectivity index is 1.69. The van der Waals surface area contributed by atoms with E-state index in [1.165, 1.54) is 18.4 Å². The second-order valence-electron chi connectivity index (χ2n) is 5.02. The van der Waals surface area contributed by atoms with Crippen LogP contribution in [0.3, 0.4) is 0 Å². The van der Waals surface area contributed by atoms with E-state index in [4.69, 9.17) is 5.73 Å². The lowest BCUT2D eigenvalue weighted by Gasteiger charge is -2.11. The quantitative estimate of drug-likeness (QED) is 0.880. The van der Waals surface area contributed by atoms with Gasteiger partial charge >= 0.3 is 0 Å². The smallest absolute Gasteiger partial charge is 0.136 e. The number of nitrogens with two attached hydrogens (primary N) is 1. The second-order valence-corrected chi connectivity index (χ2v) is 5.80. The molecular weight excluding hydrogens is 256 g/mol. The molecule has 0 radical (unpaired) electrons. The summed E-state index contributed by atoms with van der Waals surface area (Å²) < 4.78 is 0. The van der Waals surface area contributed by atoms with Crippen LogP contribution in [0.25, 0.3) is 0 Å². The van der Waals surface area contributed by atoms with Crippen LogP contribution in [0.1, 0.15) is 35.7 Å². The van der Waals surface area contributed by atoms with Crippen molar-refractivity contribution in [1.82, 2.24) is 9.97 Å². The number of hydrogen-bond acceptors (Lipinski definition) is 5. The molecule has 0 bridgehead atoms. The van der Waals surface area contributed by atoms with Gasteiger partial charge in [0.25, 0.3) is 0 Å². The molecule has 3 rings (SSSR count). The maximum absolute atomic E-state index is 5.96. The fourth-order valence-corrected chi connectivity index (χ4v) is 2.71. The lowest BCUT2D eigenvalue weighted by molar-refractivity contribution is 0.911. The Hall–Kier alpha value is -1.62. The Labute approximate surface area is 117 Å². The number of thiophene rings is 1. The maximum Gasteiger partial charge on any atom is 0.136 e. The van der Waals surface area contributed by atoms with Crippen LogP contribution in [-0.2, 0) is 6.42 Å². The number of rotatable bonds is 5. The predicted octanol–water partition coefficient (Wildman–Crippen LogP) is 2.96. The van der Waals surface area contributed by atoms with E-state index in [-0.39, 0.29) is 0 Å². The van der Waals surface area contributed by atoms with Crippen molar-refractivity contribution in [2.75, 3.05) is 17.6 Å². The van der Waals surface area contributed by atoms with Gasteiger partial charge in [-0.3, -0.25) is 0 Å². The molecule has 1 aliphatic rings. The molecular formula is C14H18N4S. The third-order valence-corrected chi connectivity index (χ3v) is 4.16. The molecule has 1 saturated carbocycles. The van der Waals surface area contributed by atoms with Gasteiger partial charge in [-0.05, 0) is 48.6 Å². The first-order chi connectivity index (χ1) is 9.24. The van der Waals surface area contributed by atoms with Crippen LogP contribution in [0.2, 0.25) is 0 Å². The van der Waals surface area contributed by atoms with Crippen LogP contribution in [0.5, 0.6) is 0 Å². The van der Waals surface area contributed by atoms with Crippen molar-refractivity contribution in [3.05, 3.63) is 33.8 Å². The normalized spacial score (nSPS) is 14.6. The number of nitrogens with one attached hydrogen (secondary N) is 1. The summed E-state index contributed by atoms with van der Waals surface area (Å²) in [7, 11) is 0. The van der Waals surface area contributed by atoms with Gasteiger partial charge in [0.15, 0.2) is 0 Å². The Morgan fingerprint density at radius 1 is 1.42 bits per heavy atom. The van der Waals surface area contributed by atoms with Crippen molar-refractivity contribution in [3.63, 3.8) is 0 Å². The minimum Gasteiger partial charge on any atom is -0.383 e. The van der Waals surface area contributed by atoms with E-state index in [1.807, 2.05) is 6.92 Å². The lowest BCUT2D eigenvalue weighted by Crippen LogP contribution is -2.11. The molecule has 0 atom stereocenters. The summed E-state index contributed by atoms with van der Waals surface area (Å²) >= 11 is 1.73.